The predicted molar refractivity (Wildman–Crippen MR) is 125 cm³/mol. The van der Waals surface area contributed by atoms with Crippen molar-refractivity contribution in [1.82, 2.24) is 9.80 Å². The molecule has 1 amide bonds. The highest BCUT2D eigenvalue weighted by Crippen LogP contribution is 2.33. The van der Waals surface area contributed by atoms with Gasteiger partial charge in [-0.1, -0.05) is 32.0 Å². The van der Waals surface area contributed by atoms with Crippen molar-refractivity contribution < 1.29 is 19.0 Å². The molecule has 0 bridgehead atoms. The second kappa shape index (κ2) is 10.00. The van der Waals surface area contributed by atoms with E-state index in [1.54, 1.807) is 17.4 Å². The van der Waals surface area contributed by atoms with E-state index in [1.807, 2.05) is 23.1 Å². The molecule has 1 aromatic heterocycles. The smallest absolute Gasteiger partial charge is 0.264 e. The molecule has 174 valence electrons. The summed E-state index contributed by atoms with van der Waals surface area (Å²) < 4.78 is 20.9. The summed E-state index contributed by atoms with van der Waals surface area (Å²) in [7, 11) is 0. The van der Waals surface area contributed by atoms with Gasteiger partial charge < -0.3 is 14.7 Å². The Hall–Kier alpha value is -1.80. The second-order valence-corrected chi connectivity index (χ2v) is 10.4. The number of hydrogen-bond donors (Lipinski definition) is 1. The molecule has 2 aromatic rings. The lowest BCUT2D eigenvalue weighted by atomic mass is 9.89. The molecule has 5 nitrogen and oxygen atoms in total. The van der Waals surface area contributed by atoms with Crippen LogP contribution < -0.4 is 0 Å². The number of nitrogens with zero attached hydrogens (tertiary/aromatic N) is 2. The molecule has 1 spiro atoms. The van der Waals surface area contributed by atoms with E-state index in [0.717, 1.165) is 30.8 Å². The lowest BCUT2D eigenvalue weighted by Gasteiger charge is -2.47. The van der Waals surface area contributed by atoms with Crippen molar-refractivity contribution in [3.05, 3.63) is 57.0 Å². The molecule has 0 radical (unpaired) electrons. The molecule has 2 saturated heterocycles. The van der Waals surface area contributed by atoms with Gasteiger partial charge in [-0.25, -0.2) is 4.39 Å². The molecular formula is C25H33FN2O3S. The van der Waals surface area contributed by atoms with Crippen LogP contribution in [0.15, 0.2) is 30.3 Å². The summed E-state index contributed by atoms with van der Waals surface area (Å²) in [6.07, 6.45) is 2.00. The van der Waals surface area contributed by atoms with Gasteiger partial charge in [0.25, 0.3) is 5.91 Å². The normalized spacial score (nSPS) is 19.1. The highest BCUT2D eigenvalue weighted by Gasteiger charge is 2.41. The molecule has 0 unspecified atom stereocenters. The molecule has 0 atom stereocenters. The van der Waals surface area contributed by atoms with Gasteiger partial charge in [-0.05, 0) is 42.9 Å². The van der Waals surface area contributed by atoms with Gasteiger partial charge in [-0.3, -0.25) is 9.69 Å². The number of morpholine rings is 1. The Kier molecular flexibility index (Phi) is 7.30. The zero-order valence-corrected chi connectivity index (χ0v) is 19.8. The van der Waals surface area contributed by atoms with Crippen molar-refractivity contribution in [2.24, 2.45) is 0 Å². The number of likely N-dealkylation sites (tertiary alicyclic amines) is 1. The van der Waals surface area contributed by atoms with Crippen molar-refractivity contribution in [3.63, 3.8) is 0 Å². The Morgan fingerprint density at radius 2 is 1.94 bits per heavy atom. The average molecular weight is 461 g/mol. The van der Waals surface area contributed by atoms with Crippen LogP contribution in [0, 0.1) is 5.82 Å². The molecule has 1 aromatic carbocycles. The summed E-state index contributed by atoms with van der Waals surface area (Å²) in [5.41, 5.74) is 0.934. The lowest BCUT2D eigenvalue weighted by molar-refractivity contribution is -0.127. The van der Waals surface area contributed by atoms with Crippen LogP contribution >= 0.6 is 11.3 Å². The number of amides is 1. The summed E-state index contributed by atoms with van der Waals surface area (Å²) in [6, 6.07) is 9.43. The van der Waals surface area contributed by atoms with Crippen molar-refractivity contribution in [1.29, 1.82) is 0 Å². The van der Waals surface area contributed by atoms with Crippen LogP contribution in [0.5, 0.6) is 0 Å². The molecular weight excluding hydrogens is 427 g/mol. The van der Waals surface area contributed by atoms with Gasteiger partial charge >= 0.3 is 0 Å². The lowest BCUT2D eigenvalue weighted by Crippen LogP contribution is -2.57. The number of thiophene rings is 1. The van der Waals surface area contributed by atoms with E-state index in [2.05, 4.69) is 24.8 Å². The molecule has 7 heteroatoms. The average Bonchev–Trinajstić information content (AvgIpc) is 3.29. The minimum Gasteiger partial charge on any atom is -0.396 e. The van der Waals surface area contributed by atoms with E-state index in [1.165, 1.54) is 4.88 Å². The second-order valence-electron chi connectivity index (χ2n) is 9.25. The Labute approximate surface area is 193 Å². The van der Waals surface area contributed by atoms with Crippen LogP contribution in [-0.2, 0) is 17.7 Å². The molecule has 32 heavy (non-hydrogen) atoms. The number of aliphatic hydroxyl groups excluding tert-OH is 1. The van der Waals surface area contributed by atoms with Gasteiger partial charge in [0.1, 0.15) is 5.82 Å². The van der Waals surface area contributed by atoms with Gasteiger partial charge in [-0.15, -0.1) is 11.3 Å². The Morgan fingerprint density at radius 3 is 2.62 bits per heavy atom. The zero-order valence-electron chi connectivity index (χ0n) is 19.0. The van der Waals surface area contributed by atoms with Crippen LogP contribution in [0.2, 0.25) is 0 Å². The number of benzene rings is 1. The van der Waals surface area contributed by atoms with Crippen LogP contribution in [0.25, 0.3) is 0 Å². The highest BCUT2D eigenvalue weighted by molar-refractivity contribution is 7.14. The number of rotatable bonds is 6. The van der Waals surface area contributed by atoms with Crippen LogP contribution in [0.3, 0.4) is 0 Å². The fraction of sp³-hybridized carbons (Fsp3) is 0.560. The summed E-state index contributed by atoms with van der Waals surface area (Å²) in [6.45, 7) is 8.21. The number of halogens is 1. The summed E-state index contributed by atoms with van der Waals surface area (Å²) in [4.78, 5) is 19.3. The summed E-state index contributed by atoms with van der Waals surface area (Å²) in [5, 5.41) is 9.14. The molecule has 4 rings (SSSR count). The largest absolute Gasteiger partial charge is 0.396 e. The molecule has 2 aliphatic heterocycles. The first kappa shape index (κ1) is 23.4. The third-order valence-corrected chi connectivity index (χ3v) is 8.02. The Bertz CT molecular complexity index is 937. The zero-order chi connectivity index (χ0) is 22.7. The standard InChI is InChI=1S/C25H33FN2O3S/c1-18(2)21-6-7-22(32-21)24(30)28-13-15-31-25(17-28)9-11-27(12-10-25)16-20-5-3-4-19(8-14-29)23(20)26/h3-7,18,29H,8-17H2,1-2H3. The third-order valence-electron chi connectivity index (χ3n) is 6.64. The quantitative estimate of drug-likeness (QED) is 0.707. The molecule has 0 aliphatic carbocycles. The van der Waals surface area contributed by atoms with Gasteiger partial charge in [0.05, 0.1) is 23.6 Å². The van der Waals surface area contributed by atoms with E-state index in [9.17, 15) is 9.18 Å². The number of aliphatic hydroxyl groups is 1. The minimum absolute atomic E-state index is 0.0522. The van der Waals surface area contributed by atoms with Gasteiger partial charge in [-0.2, -0.15) is 0 Å². The van der Waals surface area contributed by atoms with Crippen LogP contribution in [0.4, 0.5) is 4.39 Å². The molecule has 2 fully saturated rings. The Balaban J connectivity index is 1.36. The number of carbonyl (C=O) groups excluding carboxylic acids is 1. The Morgan fingerprint density at radius 1 is 1.19 bits per heavy atom. The number of carbonyl (C=O) groups is 1. The maximum absolute atomic E-state index is 14.7. The van der Waals surface area contributed by atoms with E-state index in [-0.39, 0.29) is 23.9 Å². The maximum atomic E-state index is 14.7. The van der Waals surface area contributed by atoms with Crippen molar-refractivity contribution in [2.45, 2.75) is 51.2 Å². The highest BCUT2D eigenvalue weighted by atomic mass is 32.1. The van der Waals surface area contributed by atoms with Gasteiger partial charge in [0, 0.05) is 43.2 Å². The first-order chi connectivity index (χ1) is 15.4. The van der Waals surface area contributed by atoms with Gasteiger partial charge in [0.2, 0.25) is 0 Å². The number of hydrogen-bond acceptors (Lipinski definition) is 5. The number of piperidine rings is 1. The summed E-state index contributed by atoms with van der Waals surface area (Å²) in [5.74, 6) is 0.329. The summed E-state index contributed by atoms with van der Waals surface area (Å²) >= 11 is 1.59. The molecule has 1 N–H and O–H groups in total. The van der Waals surface area contributed by atoms with E-state index < -0.39 is 0 Å². The van der Waals surface area contributed by atoms with Crippen molar-refractivity contribution >= 4 is 17.2 Å². The fourth-order valence-electron chi connectivity index (χ4n) is 4.68. The molecule has 3 heterocycles. The van der Waals surface area contributed by atoms with E-state index in [4.69, 9.17) is 9.84 Å². The minimum atomic E-state index is -0.306. The molecule has 2 aliphatic rings. The van der Waals surface area contributed by atoms with E-state index >= 15 is 0 Å². The van der Waals surface area contributed by atoms with Crippen molar-refractivity contribution in [3.8, 4) is 0 Å². The monoisotopic (exact) mass is 460 g/mol. The third kappa shape index (κ3) is 5.06. The first-order valence-electron chi connectivity index (χ1n) is 11.5. The SMILES string of the molecule is CC(C)c1ccc(C(=O)N2CCOC3(CCN(Cc4cccc(CCO)c4F)CC3)C2)s1. The topological polar surface area (TPSA) is 53.0 Å². The first-order valence-corrected chi connectivity index (χ1v) is 12.3. The van der Waals surface area contributed by atoms with Crippen LogP contribution in [0.1, 0.15) is 58.3 Å². The number of ether oxygens (including phenoxy) is 1. The van der Waals surface area contributed by atoms with Gasteiger partial charge in [0.15, 0.2) is 0 Å². The molecule has 0 saturated carbocycles. The van der Waals surface area contributed by atoms with E-state index in [0.29, 0.717) is 49.7 Å². The van der Waals surface area contributed by atoms with Crippen molar-refractivity contribution in [2.75, 3.05) is 39.4 Å². The fourth-order valence-corrected chi connectivity index (χ4v) is 5.66. The van der Waals surface area contributed by atoms with Crippen LogP contribution in [-0.4, -0.2) is 65.8 Å². The maximum Gasteiger partial charge on any atom is 0.264 e. The predicted octanol–water partition coefficient (Wildman–Crippen LogP) is 4.05.